The van der Waals surface area contributed by atoms with Gasteiger partial charge in [0, 0.05) is 23.5 Å². The highest BCUT2D eigenvalue weighted by molar-refractivity contribution is 7.99. The van der Waals surface area contributed by atoms with Gasteiger partial charge in [0.05, 0.1) is 5.56 Å². The molecule has 1 saturated carbocycles. The lowest BCUT2D eigenvalue weighted by Crippen LogP contribution is -2.33. The fourth-order valence-electron chi connectivity index (χ4n) is 2.75. The van der Waals surface area contributed by atoms with Crippen LogP contribution in [-0.4, -0.2) is 29.5 Å². The zero-order valence-corrected chi connectivity index (χ0v) is 13.1. The molecule has 1 amide bonds. The summed E-state index contributed by atoms with van der Waals surface area (Å²) in [6.45, 7) is 5.06. The fourth-order valence-corrected chi connectivity index (χ4v) is 3.89. The van der Waals surface area contributed by atoms with Crippen molar-refractivity contribution in [1.82, 2.24) is 5.32 Å². The molecule has 1 aliphatic rings. The Hall–Kier alpha value is -1.16. The normalized spacial score (nSPS) is 21.7. The molecule has 20 heavy (non-hydrogen) atoms. The van der Waals surface area contributed by atoms with E-state index < -0.39 is 0 Å². The summed E-state index contributed by atoms with van der Waals surface area (Å²) in [5.74, 6) is 1.21. The maximum absolute atomic E-state index is 12.4. The number of hydrogen-bond donors (Lipinski definition) is 2. The van der Waals surface area contributed by atoms with Crippen LogP contribution in [0.25, 0.3) is 0 Å². The number of para-hydroxylation sites is 1. The Kier molecular flexibility index (Phi) is 5.77. The van der Waals surface area contributed by atoms with Crippen molar-refractivity contribution < 1.29 is 4.79 Å². The second kappa shape index (κ2) is 7.58. The van der Waals surface area contributed by atoms with Gasteiger partial charge in [0.25, 0.3) is 5.91 Å². The first-order valence-electron chi connectivity index (χ1n) is 7.50. The van der Waals surface area contributed by atoms with Gasteiger partial charge in [-0.15, -0.1) is 0 Å². The Morgan fingerprint density at radius 3 is 2.85 bits per heavy atom. The molecule has 1 aromatic carbocycles. The van der Waals surface area contributed by atoms with E-state index in [2.05, 4.69) is 17.6 Å². The number of hydrogen-bond acceptors (Lipinski definition) is 3. The number of rotatable bonds is 6. The van der Waals surface area contributed by atoms with Gasteiger partial charge in [0.15, 0.2) is 0 Å². The molecule has 0 bridgehead atoms. The van der Waals surface area contributed by atoms with Gasteiger partial charge in [-0.25, -0.2) is 0 Å². The molecule has 0 radical (unpaired) electrons. The van der Waals surface area contributed by atoms with E-state index >= 15 is 0 Å². The monoisotopic (exact) mass is 292 g/mol. The van der Waals surface area contributed by atoms with Gasteiger partial charge in [-0.1, -0.05) is 19.1 Å². The topological polar surface area (TPSA) is 41.1 Å². The van der Waals surface area contributed by atoms with Gasteiger partial charge in [-0.2, -0.15) is 11.8 Å². The molecule has 4 heteroatoms. The Labute approximate surface area is 125 Å². The molecule has 1 aliphatic carbocycles. The second-order valence-corrected chi connectivity index (χ2v) is 6.71. The van der Waals surface area contributed by atoms with Gasteiger partial charge in [-0.05, 0) is 44.1 Å². The summed E-state index contributed by atoms with van der Waals surface area (Å²) in [5, 5.41) is 7.15. The van der Waals surface area contributed by atoms with Crippen LogP contribution >= 0.6 is 11.8 Å². The summed E-state index contributed by atoms with van der Waals surface area (Å²) < 4.78 is 0. The third-order valence-corrected chi connectivity index (χ3v) is 4.89. The zero-order valence-electron chi connectivity index (χ0n) is 12.3. The van der Waals surface area contributed by atoms with Crippen molar-refractivity contribution in [3.63, 3.8) is 0 Å². The summed E-state index contributed by atoms with van der Waals surface area (Å²) >= 11 is 2.01. The van der Waals surface area contributed by atoms with Gasteiger partial charge < -0.3 is 10.6 Å². The van der Waals surface area contributed by atoms with Gasteiger partial charge in [-0.3, -0.25) is 4.79 Å². The molecule has 2 atom stereocenters. The minimum atomic E-state index is 0.0497. The van der Waals surface area contributed by atoms with E-state index in [1.807, 2.05) is 43.0 Å². The Morgan fingerprint density at radius 1 is 1.30 bits per heavy atom. The molecular weight excluding hydrogens is 268 g/mol. The minimum Gasteiger partial charge on any atom is -0.385 e. The van der Waals surface area contributed by atoms with Crippen molar-refractivity contribution in [2.45, 2.75) is 44.4 Å². The minimum absolute atomic E-state index is 0.0497. The van der Waals surface area contributed by atoms with Crippen LogP contribution in [0.4, 0.5) is 5.69 Å². The molecule has 2 unspecified atom stereocenters. The van der Waals surface area contributed by atoms with Crippen LogP contribution in [0.5, 0.6) is 0 Å². The third kappa shape index (κ3) is 3.92. The third-order valence-electron chi connectivity index (χ3n) is 3.66. The average molecular weight is 292 g/mol. The fraction of sp³-hybridized carbons (Fsp3) is 0.562. The van der Waals surface area contributed by atoms with Gasteiger partial charge in [0.1, 0.15) is 0 Å². The molecule has 1 fully saturated rings. The van der Waals surface area contributed by atoms with E-state index in [1.54, 1.807) is 0 Å². The summed E-state index contributed by atoms with van der Waals surface area (Å²) in [6.07, 6.45) is 3.43. The number of thioether (sulfide) groups is 1. The molecule has 2 N–H and O–H groups in total. The molecular formula is C16H24N2OS. The highest BCUT2D eigenvalue weighted by atomic mass is 32.2. The standard InChI is InChI=1S/C16H24N2OS/c1-3-17-15-8-6-5-7-14(15)16(19)18-12-9-10-13(11-12)20-4-2/h5-8,12-13,17H,3-4,9-11H2,1-2H3,(H,18,19). The average Bonchev–Trinajstić information content (AvgIpc) is 2.87. The van der Waals surface area contributed by atoms with E-state index in [0.717, 1.165) is 36.4 Å². The zero-order chi connectivity index (χ0) is 14.4. The molecule has 110 valence electrons. The summed E-state index contributed by atoms with van der Waals surface area (Å²) in [4.78, 5) is 12.4. The molecule has 2 rings (SSSR count). The quantitative estimate of drug-likeness (QED) is 0.843. The smallest absolute Gasteiger partial charge is 0.253 e. The number of amides is 1. The van der Waals surface area contributed by atoms with Crippen LogP contribution in [0.15, 0.2) is 24.3 Å². The van der Waals surface area contributed by atoms with Crippen molar-refractivity contribution in [3.05, 3.63) is 29.8 Å². The molecule has 3 nitrogen and oxygen atoms in total. The number of carbonyl (C=O) groups excluding carboxylic acids is 1. The van der Waals surface area contributed by atoms with Crippen LogP contribution in [0.3, 0.4) is 0 Å². The largest absolute Gasteiger partial charge is 0.385 e. The first kappa shape index (κ1) is 15.2. The lowest BCUT2D eigenvalue weighted by atomic mass is 10.1. The molecule has 0 heterocycles. The maximum atomic E-state index is 12.4. The number of anilines is 1. The Morgan fingerprint density at radius 2 is 2.10 bits per heavy atom. The summed E-state index contributed by atoms with van der Waals surface area (Å²) in [5.41, 5.74) is 1.67. The first-order chi connectivity index (χ1) is 9.74. The molecule has 1 aromatic rings. The van der Waals surface area contributed by atoms with E-state index in [9.17, 15) is 4.79 Å². The van der Waals surface area contributed by atoms with Crippen molar-refractivity contribution >= 4 is 23.4 Å². The van der Waals surface area contributed by atoms with Crippen molar-refractivity contribution in [3.8, 4) is 0 Å². The number of benzene rings is 1. The van der Waals surface area contributed by atoms with Crippen LogP contribution in [0, 0.1) is 0 Å². The van der Waals surface area contributed by atoms with Gasteiger partial charge >= 0.3 is 0 Å². The van der Waals surface area contributed by atoms with E-state index in [-0.39, 0.29) is 5.91 Å². The Bertz CT molecular complexity index is 450. The Balaban J connectivity index is 1.95. The van der Waals surface area contributed by atoms with Crippen molar-refractivity contribution in [2.24, 2.45) is 0 Å². The van der Waals surface area contributed by atoms with Crippen molar-refractivity contribution in [1.29, 1.82) is 0 Å². The number of carbonyl (C=O) groups is 1. The lowest BCUT2D eigenvalue weighted by Gasteiger charge is -2.15. The van der Waals surface area contributed by atoms with Crippen LogP contribution in [0.1, 0.15) is 43.5 Å². The first-order valence-corrected chi connectivity index (χ1v) is 8.54. The van der Waals surface area contributed by atoms with Crippen molar-refractivity contribution in [2.75, 3.05) is 17.6 Å². The van der Waals surface area contributed by atoms with Crippen LogP contribution < -0.4 is 10.6 Å². The predicted molar refractivity (Wildman–Crippen MR) is 87.6 cm³/mol. The van der Waals surface area contributed by atoms with E-state index in [0.29, 0.717) is 11.3 Å². The molecule has 0 spiro atoms. The number of nitrogens with one attached hydrogen (secondary N) is 2. The molecule has 0 aromatic heterocycles. The second-order valence-electron chi connectivity index (χ2n) is 5.14. The summed E-state index contributed by atoms with van der Waals surface area (Å²) in [6, 6.07) is 8.06. The SMILES string of the molecule is CCNc1ccccc1C(=O)NC1CCC(SCC)C1. The van der Waals surface area contributed by atoms with E-state index in [1.165, 1.54) is 6.42 Å². The van der Waals surface area contributed by atoms with E-state index in [4.69, 9.17) is 0 Å². The maximum Gasteiger partial charge on any atom is 0.253 e. The lowest BCUT2D eigenvalue weighted by molar-refractivity contribution is 0.0939. The highest BCUT2D eigenvalue weighted by Gasteiger charge is 2.26. The van der Waals surface area contributed by atoms with Crippen LogP contribution in [0.2, 0.25) is 0 Å². The molecule has 0 saturated heterocycles. The van der Waals surface area contributed by atoms with Gasteiger partial charge in [0.2, 0.25) is 0 Å². The summed E-state index contributed by atoms with van der Waals surface area (Å²) in [7, 11) is 0. The predicted octanol–water partition coefficient (Wildman–Crippen LogP) is 3.52. The van der Waals surface area contributed by atoms with Crippen LogP contribution in [-0.2, 0) is 0 Å². The molecule has 0 aliphatic heterocycles. The highest BCUT2D eigenvalue weighted by Crippen LogP contribution is 2.30.